The number of benzene rings is 2. The number of ether oxygens (including phenoxy) is 1. The molecular formula is C22H22N4O3. The number of methoxy groups -OCH3 is 1. The lowest BCUT2D eigenvalue weighted by Gasteiger charge is -2.11. The third-order valence-electron chi connectivity index (χ3n) is 4.11. The number of hydrogen-bond acceptors (Lipinski definition) is 5. The van der Waals surface area contributed by atoms with Gasteiger partial charge in [-0.1, -0.05) is 24.3 Å². The van der Waals surface area contributed by atoms with E-state index in [0.717, 1.165) is 17.0 Å². The molecule has 0 aliphatic rings. The van der Waals surface area contributed by atoms with Crippen LogP contribution in [0.2, 0.25) is 0 Å². The highest BCUT2D eigenvalue weighted by Gasteiger charge is 2.09. The number of rotatable bonds is 7. The van der Waals surface area contributed by atoms with E-state index < -0.39 is 0 Å². The Bertz CT molecular complexity index is 1000. The Labute approximate surface area is 169 Å². The van der Waals surface area contributed by atoms with E-state index >= 15 is 0 Å². The zero-order valence-electron chi connectivity index (χ0n) is 16.2. The fraction of sp³-hybridized carbons (Fsp3) is 0.136. The number of carbonyl (C=O) groups is 2. The Morgan fingerprint density at radius 2 is 1.69 bits per heavy atom. The van der Waals surface area contributed by atoms with Crippen LogP contribution in [0.4, 0.5) is 17.1 Å². The second-order valence-corrected chi connectivity index (χ2v) is 6.31. The molecule has 0 atom stereocenters. The van der Waals surface area contributed by atoms with Crippen molar-refractivity contribution in [3.63, 3.8) is 0 Å². The Balaban J connectivity index is 1.61. The molecule has 0 spiro atoms. The van der Waals surface area contributed by atoms with Crippen molar-refractivity contribution in [2.24, 2.45) is 0 Å². The molecule has 2 amide bonds. The van der Waals surface area contributed by atoms with Crippen molar-refractivity contribution in [1.82, 2.24) is 4.98 Å². The maximum atomic E-state index is 12.4. The van der Waals surface area contributed by atoms with Gasteiger partial charge in [-0.2, -0.15) is 0 Å². The Hall–Kier alpha value is -3.87. The molecule has 0 saturated heterocycles. The molecule has 3 N–H and O–H groups in total. The highest BCUT2D eigenvalue weighted by atomic mass is 16.5. The van der Waals surface area contributed by atoms with E-state index in [4.69, 9.17) is 4.74 Å². The molecule has 2 aromatic carbocycles. The molecule has 7 nitrogen and oxygen atoms in total. The summed E-state index contributed by atoms with van der Waals surface area (Å²) in [6.45, 7) is 2.01. The Morgan fingerprint density at radius 1 is 0.931 bits per heavy atom. The summed E-state index contributed by atoms with van der Waals surface area (Å²) in [6.07, 6.45) is 1.61. The number of para-hydroxylation sites is 1. The van der Waals surface area contributed by atoms with Crippen molar-refractivity contribution in [1.29, 1.82) is 0 Å². The SMILES string of the molecule is COc1ccccc1CNc1ccc(C(=O)Nc2cccc(NC(C)=O)c2)nc1. The summed E-state index contributed by atoms with van der Waals surface area (Å²) in [6, 6.07) is 18.1. The maximum absolute atomic E-state index is 12.4. The predicted molar refractivity (Wildman–Crippen MR) is 113 cm³/mol. The summed E-state index contributed by atoms with van der Waals surface area (Å²) in [4.78, 5) is 27.8. The van der Waals surface area contributed by atoms with Crippen molar-refractivity contribution in [2.45, 2.75) is 13.5 Å². The summed E-state index contributed by atoms with van der Waals surface area (Å²) in [5.74, 6) is 0.304. The van der Waals surface area contributed by atoms with Crippen LogP contribution < -0.4 is 20.7 Å². The largest absolute Gasteiger partial charge is 0.496 e. The maximum Gasteiger partial charge on any atom is 0.274 e. The van der Waals surface area contributed by atoms with Gasteiger partial charge >= 0.3 is 0 Å². The molecule has 0 radical (unpaired) electrons. The van der Waals surface area contributed by atoms with E-state index in [2.05, 4.69) is 20.9 Å². The molecule has 1 aromatic heterocycles. The third kappa shape index (κ3) is 5.55. The van der Waals surface area contributed by atoms with Crippen molar-refractivity contribution >= 4 is 28.9 Å². The third-order valence-corrected chi connectivity index (χ3v) is 4.11. The highest BCUT2D eigenvalue weighted by molar-refractivity contribution is 6.03. The number of amides is 2. The summed E-state index contributed by atoms with van der Waals surface area (Å²) in [7, 11) is 1.64. The van der Waals surface area contributed by atoms with Gasteiger partial charge in [0.15, 0.2) is 0 Å². The first-order chi connectivity index (χ1) is 14.0. The monoisotopic (exact) mass is 390 g/mol. The molecule has 0 bridgehead atoms. The Morgan fingerprint density at radius 3 is 2.38 bits per heavy atom. The molecule has 0 saturated carbocycles. The van der Waals surface area contributed by atoms with E-state index in [1.165, 1.54) is 6.92 Å². The van der Waals surface area contributed by atoms with Gasteiger partial charge in [0.05, 0.1) is 19.0 Å². The normalized spacial score (nSPS) is 10.1. The van der Waals surface area contributed by atoms with Gasteiger partial charge in [0.25, 0.3) is 5.91 Å². The lowest BCUT2D eigenvalue weighted by atomic mass is 10.2. The first kappa shape index (κ1) is 19.9. The molecule has 3 rings (SSSR count). The van der Waals surface area contributed by atoms with Crippen molar-refractivity contribution in [3.8, 4) is 5.75 Å². The second-order valence-electron chi connectivity index (χ2n) is 6.31. The van der Waals surface area contributed by atoms with E-state index in [1.54, 1.807) is 49.7 Å². The average Bonchev–Trinajstić information content (AvgIpc) is 2.72. The van der Waals surface area contributed by atoms with Gasteiger partial charge in [0, 0.05) is 30.4 Å². The molecule has 7 heteroatoms. The van der Waals surface area contributed by atoms with Crippen LogP contribution in [0.15, 0.2) is 66.9 Å². The van der Waals surface area contributed by atoms with E-state index in [0.29, 0.717) is 17.9 Å². The first-order valence-electron chi connectivity index (χ1n) is 9.06. The minimum atomic E-state index is -0.332. The lowest BCUT2D eigenvalue weighted by Crippen LogP contribution is -2.14. The smallest absolute Gasteiger partial charge is 0.274 e. The number of nitrogens with zero attached hydrogens (tertiary/aromatic N) is 1. The van der Waals surface area contributed by atoms with E-state index in [-0.39, 0.29) is 17.5 Å². The van der Waals surface area contributed by atoms with Crippen LogP contribution >= 0.6 is 0 Å². The van der Waals surface area contributed by atoms with Gasteiger partial charge in [0.2, 0.25) is 5.91 Å². The number of anilines is 3. The van der Waals surface area contributed by atoms with Crippen molar-refractivity contribution in [3.05, 3.63) is 78.1 Å². The van der Waals surface area contributed by atoms with Crippen LogP contribution in [0, 0.1) is 0 Å². The molecule has 148 valence electrons. The molecule has 29 heavy (non-hydrogen) atoms. The fourth-order valence-electron chi connectivity index (χ4n) is 2.75. The second kappa shape index (κ2) is 9.36. The van der Waals surface area contributed by atoms with Crippen LogP contribution in [-0.4, -0.2) is 23.9 Å². The quantitative estimate of drug-likeness (QED) is 0.569. The van der Waals surface area contributed by atoms with Crippen molar-refractivity contribution in [2.75, 3.05) is 23.1 Å². The number of pyridine rings is 1. The predicted octanol–water partition coefficient (Wildman–Crippen LogP) is 3.91. The van der Waals surface area contributed by atoms with E-state index in [1.807, 2.05) is 24.3 Å². The summed E-state index contributed by atoms with van der Waals surface area (Å²) in [5.41, 5.74) is 3.29. The van der Waals surface area contributed by atoms with Gasteiger partial charge in [-0.15, -0.1) is 0 Å². The van der Waals surface area contributed by atoms with Gasteiger partial charge in [-0.05, 0) is 36.4 Å². The Kier molecular flexibility index (Phi) is 6.42. The number of carbonyl (C=O) groups excluding carboxylic acids is 2. The van der Waals surface area contributed by atoms with Gasteiger partial charge in [-0.3, -0.25) is 9.59 Å². The van der Waals surface area contributed by atoms with Gasteiger partial charge in [-0.25, -0.2) is 4.98 Å². The minimum absolute atomic E-state index is 0.175. The summed E-state index contributed by atoms with van der Waals surface area (Å²) in [5, 5.41) is 8.72. The minimum Gasteiger partial charge on any atom is -0.496 e. The molecule has 1 heterocycles. The van der Waals surface area contributed by atoms with Gasteiger partial charge < -0.3 is 20.7 Å². The molecule has 0 fully saturated rings. The average molecular weight is 390 g/mol. The molecule has 0 unspecified atom stereocenters. The number of hydrogen-bond donors (Lipinski definition) is 3. The molecule has 0 aliphatic heterocycles. The van der Waals surface area contributed by atoms with Crippen LogP contribution in [0.25, 0.3) is 0 Å². The standard InChI is InChI=1S/C22H22N4O3/c1-15(27)25-17-7-5-8-18(12-17)26-22(28)20-11-10-19(14-24-20)23-13-16-6-3-4-9-21(16)29-2/h3-12,14,23H,13H2,1-2H3,(H,25,27)(H,26,28). The molecule has 3 aromatic rings. The molecular weight excluding hydrogens is 368 g/mol. The fourth-order valence-corrected chi connectivity index (χ4v) is 2.75. The number of aromatic nitrogens is 1. The van der Waals surface area contributed by atoms with Crippen LogP contribution in [-0.2, 0) is 11.3 Å². The van der Waals surface area contributed by atoms with E-state index in [9.17, 15) is 9.59 Å². The zero-order chi connectivity index (χ0) is 20.6. The van der Waals surface area contributed by atoms with Crippen LogP contribution in [0.3, 0.4) is 0 Å². The van der Waals surface area contributed by atoms with Crippen LogP contribution in [0.5, 0.6) is 5.75 Å². The molecule has 0 aliphatic carbocycles. The summed E-state index contributed by atoms with van der Waals surface area (Å²) < 4.78 is 5.34. The summed E-state index contributed by atoms with van der Waals surface area (Å²) >= 11 is 0. The van der Waals surface area contributed by atoms with Gasteiger partial charge in [0.1, 0.15) is 11.4 Å². The lowest BCUT2D eigenvalue weighted by molar-refractivity contribution is -0.114. The zero-order valence-corrected chi connectivity index (χ0v) is 16.2. The number of nitrogens with one attached hydrogen (secondary N) is 3. The first-order valence-corrected chi connectivity index (χ1v) is 9.06. The van der Waals surface area contributed by atoms with Crippen molar-refractivity contribution < 1.29 is 14.3 Å². The van der Waals surface area contributed by atoms with Crippen LogP contribution in [0.1, 0.15) is 23.0 Å². The highest BCUT2D eigenvalue weighted by Crippen LogP contribution is 2.19. The topological polar surface area (TPSA) is 92.4 Å².